The molecule has 0 aromatic rings. The van der Waals surface area contributed by atoms with Gasteiger partial charge in [-0.05, 0) is 97.7 Å². The molecule has 176 valence electrons. The van der Waals surface area contributed by atoms with Crippen LogP contribution in [0.4, 0.5) is 0 Å². The lowest BCUT2D eigenvalue weighted by atomic mass is 9.47. The summed E-state index contributed by atoms with van der Waals surface area (Å²) in [5.74, 6) is 5.45. The second-order valence-electron chi connectivity index (χ2n) is 12.6. The molecule has 1 unspecified atom stereocenters. The average molecular weight is 445 g/mol. The maximum absolute atomic E-state index is 7.70. The van der Waals surface area contributed by atoms with Gasteiger partial charge in [0.2, 0.25) is 0 Å². The summed E-state index contributed by atoms with van der Waals surface area (Å²) in [5.41, 5.74) is 8.43. The van der Waals surface area contributed by atoms with Gasteiger partial charge in [-0.15, -0.1) is 0 Å². The third-order valence-electron chi connectivity index (χ3n) is 10.6. The highest BCUT2D eigenvalue weighted by atomic mass is 32.2. The quantitative estimate of drug-likeness (QED) is 0.247. The highest BCUT2D eigenvalue weighted by Crippen LogP contribution is 2.67. The molecule has 0 bridgehead atoms. The highest BCUT2D eigenvalue weighted by Gasteiger charge is 2.59. The molecule has 2 nitrogen and oxygen atoms in total. The van der Waals surface area contributed by atoms with Crippen molar-refractivity contribution in [3.8, 4) is 0 Å². The van der Waals surface area contributed by atoms with Crippen LogP contribution in [-0.2, 0) is 0 Å². The van der Waals surface area contributed by atoms with Crippen molar-refractivity contribution < 1.29 is 0 Å². The molecule has 3 saturated carbocycles. The Labute approximate surface area is 196 Å². The topological polar surface area (TPSA) is 49.9 Å². The lowest BCUT2D eigenvalue weighted by molar-refractivity contribution is -0.0497. The van der Waals surface area contributed by atoms with Crippen molar-refractivity contribution in [3.63, 3.8) is 0 Å². The first-order valence-corrected chi connectivity index (χ1v) is 14.2. The molecule has 4 aliphatic carbocycles. The van der Waals surface area contributed by atoms with E-state index in [4.69, 9.17) is 11.1 Å². The van der Waals surface area contributed by atoms with Gasteiger partial charge in [0.15, 0.2) is 5.17 Å². The zero-order valence-corrected chi connectivity index (χ0v) is 21.7. The molecule has 0 aromatic heterocycles. The number of thioether (sulfide) groups is 1. The summed E-state index contributed by atoms with van der Waals surface area (Å²) in [5, 5.41) is 8.53. The Kier molecular flexibility index (Phi) is 6.94. The molecule has 0 aliphatic heterocycles. The van der Waals surface area contributed by atoms with Crippen LogP contribution < -0.4 is 5.73 Å². The van der Waals surface area contributed by atoms with E-state index in [1.54, 1.807) is 17.3 Å². The molecule has 4 rings (SSSR count). The normalized spacial score (nSPS) is 43.0. The minimum absolute atomic E-state index is 0.302. The second kappa shape index (κ2) is 9.07. The zero-order valence-electron chi connectivity index (χ0n) is 20.9. The molecular formula is C28H48N2S. The van der Waals surface area contributed by atoms with Crippen molar-refractivity contribution >= 4 is 16.9 Å². The van der Waals surface area contributed by atoms with Gasteiger partial charge in [0.25, 0.3) is 0 Å². The molecule has 8 atom stereocenters. The molecule has 0 spiro atoms. The number of allylic oxidation sites excluding steroid dienone is 2. The number of hydrogen-bond donors (Lipinski definition) is 2. The van der Waals surface area contributed by atoms with Gasteiger partial charge in [0, 0.05) is 5.25 Å². The number of nitrogens with two attached hydrogens (primary N) is 1. The van der Waals surface area contributed by atoms with Crippen molar-refractivity contribution in [2.75, 3.05) is 0 Å². The molecule has 0 amide bonds. The third-order valence-corrected chi connectivity index (χ3v) is 11.5. The Bertz CT molecular complexity index is 699. The van der Waals surface area contributed by atoms with E-state index in [0.29, 0.717) is 21.2 Å². The number of rotatable bonds is 6. The zero-order chi connectivity index (χ0) is 22.4. The second-order valence-corrected chi connectivity index (χ2v) is 14.0. The van der Waals surface area contributed by atoms with Crippen molar-refractivity contribution in [2.45, 2.75) is 110 Å². The van der Waals surface area contributed by atoms with Crippen LogP contribution in [0.3, 0.4) is 0 Å². The smallest absolute Gasteiger partial charge is 0.151 e. The van der Waals surface area contributed by atoms with Crippen LogP contribution in [0.1, 0.15) is 105 Å². The van der Waals surface area contributed by atoms with E-state index < -0.39 is 0 Å². The van der Waals surface area contributed by atoms with Crippen LogP contribution in [0.5, 0.6) is 0 Å². The molecule has 4 aliphatic rings. The van der Waals surface area contributed by atoms with E-state index >= 15 is 0 Å². The van der Waals surface area contributed by atoms with E-state index in [1.807, 2.05) is 0 Å². The van der Waals surface area contributed by atoms with Gasteiger partial charge in [-0.3, -0.25) is 5.41 Å². The van der Waals surface area contributed by atoms with E-state index in [1.165, 1.54) is 70.6 Å². The summed E-state index contributed by atoms with van der Waals surface area (Å²) in [4.78, 5) is 0. The number of hydrogen-bond acceptors (Lipinski definition) is 2. The van der Waals surface area contributed by atoms with E-state index in [9.17, 15) is 0 Å². The van der Waals surface area contributed by atoms with Crippen LogP contribution >= 0.6 is 11.8 Å². The highest BCUT2D eigenvalue weighted by molar-refractivity contribution is 8.14. The molecule has 31 heavy (non-hydrogen) atoms. The summed E-state index contributed by atoms with van der Waals surface area (Å²) < 4.78 is 0. The Morgan fingerprint density at radius 1 is 1.10 bits per heavy atom. The van der Waals surface area contributed by atoms with Crippen LogP contribution in [0.2, 0.25) is 0 Å². The standard InChI is InChI=1S/C28H48N2S/c1-18(2)7-6-8-19(3)23-11-12-24-22-10-9-20-17-21(31-26(29)30)13-15-27(20,4)25(22)14-16-28(23,24)5/h9,18-19,21-25H,6-8,10-17H2,1-5H3,(H3,29,30)/t19-,21?,22+,23-,24+,25+,27+,28-/m1/s1. The van der Waals surface area contributed by atoms with Gasteiger partial charge in [-0.1, -0.05) is 77.3 Å². The maximum atomic E-state index is 7.70. The molecule has 3 N–H and O–H groups in total. The molecule has 3 heteroatoms. The van der Waals surface area contributed by atoms with Crippen LogP contribution in [0, 0.1) is 51.7 Å². The van der Waals surface area contributed by atoms with Crippen molar-refractivity contribution in [1.82, 2.24) is 0 Å². The summed E-state index contributed by atoms with van der Waals surface area (Å²) in [7, 11) is 0. The Morgan fingerprint density at radius 3 is 2.58 bits per heavy atom. The van der Waals surface area contributed by atoms with E-state index in [0.717, 1.165) is 35.5 Å². The van der Waals surface area contributed by atoms with Gasteiger partial charge >= 0.3 is 0 Å². The first-order chi connectivity index (χ1) is 14.6. The fourth-order valence-electron chi connectivity index (χ4n) is 8.93. The van der Waals surface area contributed by atoms with Crippen LogP contribution in [0.25, 0.3) is 0 Å². The SMILES string of the molecule is CC(C)CCC[C@@H](C)[C@H]1CC[C@H]2[C@@H]3CC=C4CC(SC(=N)N)CC[C@]4(C)[C@H]3CC[C@]12C. The van der Waals surface area contributed by atoms with Gasteiger partial charge in [-0.25, -0.2) is 0 Å². The van der Waals surface area contributed by atoms with Crippen LogP contribution in [0.15, 0.2) is 11.6 Å². The molecule has 0 heterocycles. The van der Waals surface area contributed by atoms with Gasteiger partial charge in [-0.2, -0.15) is 0 Å². The van der Waals surface area contributed by atoms with Gasteiger partial charge in [0.05, 0.1) is 0 Å². The first-order valence-electron chi connectivity index (χ1n) is 13.4. The van der Waals surface area contributed by atoms with Crippen molar-refractivity contribution in [2.24, 2.45) is 52.1 Å². The summed E-state index contributed by atoms with van der Waals surface area (Å²) in [6.07, 6.45) is 17.8. The van der Waals surface area contributed by atoms with E-state index in [-0.39, 0.29) is 0 Å². The Morgan fingerprint density at radius 2 is 1.87 bits per heavy atom. The monoisotopic (exact) mass is 444 g/mol. The van der Waals surface area contributed by atoms with Crippen molar-refractivity contribution in [3.05, 3.63) is 11.6 Å². The first kappa shape index (κ1) is 23.7. The van der Waals surface area contributed by atoms with Gasteiger partial charge < -0.3 is 5.73 Å². The summed E-state index contributed by atoms with van der Waals surface area (Å²) >= 11 is 1.61. The number of nitrogens with one attached hydrogen (secondary N) is 1. The number of fused-ring (bicyclic) bond motifs is 5. The Hall–Kier alpha value is -0.440. The lowest BCUT2D eigenvalue weighted by Crippen LogP contribution is -2.50. The summed E-state index contributed by atoms with van der Waals surface area (Å²) in [6, 6.07) is 0. The van der Waals surface area contributed by atoms with Gasteiger partial charge in [0.1, 0.15) is 0 Å². The minimum Gasteiger partial charge on any atom is -0.379 e. The molecule has 3 fully saturated rings. The fraction of sp³-hybridized carbons (Fsp3) is 0.893. The van der Waals surface area contributed by atoms with Crippen LogP contribution in [-0.4, -0.2) is 10.4 Å². The maximum Gasteiger partial charge on any atom is 0.151 e. The molecule has 0 saturated heterocycles. The van der Waals surface area contributed by atoms with Crippen molar-refractivity contribution in [1.29, 1.82) is 5.41 Å². The predicted molar refractivity (Wildman–Crippen MR) is 136 cm³/mol. The Balaban J connectivity index is 1.47. The minimum atomic E-state index is 0.302. The molecule has 0 radical (unpaired) electrons. The fourth-order valence-corrected chi connectivity index (χ4v) is 9.79. The third kappa shape index (κ3) is 4.38. The largest absolute Gasteiger partial charge is 0.379 e. The molecule has 0 aromatic carbocycles. The van der Waals surface area contributed by atoms with E-state index in [2.05, 4.69) is 40.7 Å². The number of amidine groups is 1. The predicted octanol–water partition coefficient (Wildman–Crippen LogP) is 8.02. The lowest BCUT2D eigenvalue weighted by Gasteiger charge is -2.58. The average Bonchev–Trinajstić information content (AvgIpc) is 3.05. The molecular weight excluding hydrogens is 396 g/mol. The summed E-state index contributed by atoms with van der Waals surface area (Å²) in [6.45, 7) is 12.6.